The van der Waals surface area contributed by atoms with E-state index in [2.05, 4.69) is 12.2 Å². The van der Waals surface area contributed by atoms with Crippen molar-refractivity contribution in [2.45, 2.75) is 294 Å². The minimum Gasteiger partial charge on any atom is -0.394 e. The van der Waals surface area contributed by atoms with E-state index in [4.69, 9.17) is 9.47 Å². The van der Waals surface area contributed by atoms with E-state index < -0.39 is 74.2 Å². The molecule has 1 aliphatic heterocycles. The molecule has 1 heterocycles. The number of hydrogen-bond donors (Lipinski definition) is 8. The van der Waals surface area contributed by atoms with Crippen LogP contribution in [0.15, 0.2) is 0 Å². The van der Waals surface area contributed by atoms with Gasteiger partial charge in [0.25, 0.3) is 0 Å². The van der Waals surface area contributed by atoms with Crippen molar-refractivity contribution in [2.24, 2.45) is 0 Å². The van der Waals surface area contributed by atoms with Gasteiger partial charge in [0.15, 0.2) is 6.29 Å². The second-order valence-corrected chi connectivity index (χ2v) is 18.3. The zero-order valence-corrected chi connectivity index (χ0v) is 38.7. The standard InChI is InChI=1S/C49H97NO10/c1-3-5-7-8-9-10-11-12-13-14-15-16-17-18-19-20-21-22-23-24-25-26-27-28-29-30-31-32-33-35-37-42(53)48(58)50-40(44(54)41(52)36-34-6-4-2)39-59-49-47(57)46(56)45(55)43(38-51)60-49/h40-47,49,51-57H,3-39H2,1-2H3,(H,50,58). The third kappa shape index (κ3) is 28.7. The number of carbonyl (C=O) groups excluding carboxylic acids is 1. The van der Waals surface area contributed by atoms with Crippen LogP contribution in [0.3, 0.4) is 0 Å². The smallest absolute Gasteiger partial charge is 0.249 e. The van der Waals surface area contributed by atoms with Gasteiger partial charge in [-0.15, -0.1) is 0 Å². The molecule has 1 fully saturated rings. The summed E-state index contributed by atoms with van der Waals surface area (Å²) in [6, 6.07) is -1.16. The van der Waals surface area contributed by atoms with Crippen molar-refractivity contribution in [3.8, 4) is 0 Å². The number of carbonyl (C=O) groups is 1. The van der Waals surface area contributed by atoms with Crippen molar-refractivity contribution in [3.63, 3.8) is 0 Å². The molecule has 1 aliphatic rings. The summed E-state index contributed by atoms with van der Waals surface area (Å²) in [5.74, 6) is -0.701. The fourth-order valence-corrected chi connectivity index (χ4v) is 8.44. The first-order valence-corrected chi connectivity index (χ1v) is 25.4. The Bertz CT molecular complexity index is 944. The van der Waals surface area contributed by atoms with Gasteiger partial charge in [-0.3, -0.25) is 4.79 Å². The van der Waals surface area contributed by atoms with Crippen molar-refractivity contribution in [3.05, 3.63) is 0 Å². The molecule has 0 aromatic heterocycles. The molecule has 8 N–H and O–H groups in total. The SMILES string of the molecule is CCCCCCCCCCCCCCCCCCCCCCCCCCCCCCCCC(O)C(=O)NC(COC1OC(CO)C(O)C(O)C1O)C(O)C(O)CCCCC. The molecule has 0 bridgehead atoms. The minimum atomic E-state index is -1.65. The van der Waals surface area contributed by atoms with E-state index in [1.165, 1.54) is 167 Å². The van der Waals surface area contributed by atoms with Gasteiger partial charge in [-0.1, -0.05) is 226 Å². The van der Waals surface area contributed by atoms with Crippen LogP contribution in [0.25, 0.3) is 0 Å². The predicted octanol–water partition coefficient (Wildman–Crippen LogP) is 9.06. The van der Waals surface area contributed by atoms with Gasteiger partial charge in [0, 0.05) is 0 Å². The Morgan fingerprint density at radius 1 is 0.517 bits per heavy atom. The van der Waals surface area contributed by atoms with Crippen LogP contribution >= 0.6 is 0 Å². The molecule has 0 radical (unpaired) electrons. The van der Waals surface area contributed by atoms with E-state index in [1.807, 2.05) is 6.92 Å². The van der Waals surface area contributed by atoms with Crippen molar-refractivity contribution < 1.29 is 50.0 Å². The number of hydrogen-bond acceptors (Lipinski definition) is 10. The number of aliphatic hydroxyl groups is 7. The van der Waals surface area contributed by atoms with Gasteiger partial charge in [-0.2, -0.15) is 0 Å². The molecule has 1 amide bonds. The Balaban J connectivity index is 2.06. The van der Waals surface area contributed by atoms with Crippen LogP contribution in [-0.2, 0) is 14.3 Å². The summed E-state index contributed by atoms with van der Waals surface area (Å²) in [6.07, 6.45) is 31.6. The molecule has 9 unspecified atom stereocenters. The van der Waals surface area contributed by atoms with Crippen LogP contribution in [0, 0.1) is 0 Å². The summed E-state index contributed by atoms with van der Waals surface area (Å²) >= 11 is 0. The van der Waals surface area contributed by atoms with Crippen LogP contribution in [0.2, 0.25) is 0 Å². The van der Waals surface area contributed by atoms with E-state index >= 15 is 0 Å². The molecule has 9 atom stereocenters. The Morgan fingerprint density at radius 2 is 0.867 bits per heavy atom. The number of amides is 1. The topological polar surface area (TPSA) is 189 Å². The first kappa shape index (κ1) is 57.1. The van der Waals surface area contributed by atoms with E-state index in [0.29, 0.717) is 19.3 Å². The van der Waals surface area contributed by atoms with Gasteiger partial charge in [-0.05, 0) is 12.8 Å². The number of rotatable bonds is 43. The lowest BCUT2D eigenvalue weighted by Crippen LogP contribution is -2.60. The van der Waals surface area contributed by atoms with Crippen molar-refractivity contribution in [2.75, 3.05) is 13.2 Å². The fraction of sp³-hybridized carbons (Fsp3) is 0.980. The summed E-state index contributed by atoms with van der Waals surface area (Å²) in [5, 5.41) is 74.7. The van der Waals surface area contributed by atoms with Crippen LogP contribution in [0.4, 0.5) is 0 Å². The number of ether oxygens (including phenoxy) is 2. The lowest BCUT2D eigenvalue weighted by atomic mass is 9.98. The monoisotopic (exact) mass is 860 g/mol. The highest BCUT2D eigenvalue weighted by molar-refractivity contribution is 5.80. The van der Waals surface area contributed by atoms with Crippen LogP contribution in [0.1, 0.15) is 239 Å². The maximum Gasteiger partial charge on any atom is 0.249 e. The van der Waals surface area contributed by atoms with Crippen LogP contribution < -0.4 is 5.32 Å². The maximum absolute atomic E-state index is 12.9. The van der Waals surface area contributed by atoms with Crippen molar-refractivity contribution in [1.29, 1.82) is 0 Å². The second-order valence-electron chi connectivity index (χ2n) is 18.3. The highest BCUT2D eigenvalue weighted by atomic mass is 16.7. The molecule has 1 saturated heterocycles. The van der Waals surface area contributed by atoms with Crippen molar-refractivity contribution >= 4 is 5.91 Å². The molecule has 11 heteroatoms. The fourth-order valence-electron chi connectivity index (χ4n) is 8.44. The van der Waals surface area contributed by atoms with Crippen LogP contribution in [-0.4, -0.2) is 110 Å². The highest BCUT2D eigenvalue weighted by Crippen LogP contribution is 2.23. The van der Waals surface area contributed by atoms with E-state index in [1.54, 1.807) is 0 Å². The molecule has 60 heavy (non-hydrogen) atoms. The zero-order chi connectivity index (χ0) is 44.1. The zero-order valence-electron chi connectivity index (χ0n) is 38.7. The quantitative estimate of drug-likeness (QED) is 0.0275. The van der Waals surface area contributed by atoms with E-state index in [9.17, 15) is 40.5 Å². The second kappa shape index (κ2) is 39.7. The molecule has 0 aromatic rings. The Hall–Kier alpha value is -0.890. The van der Waals surface area contributed by atoms with E-state index in [0.717, 1.165) is 32.1 Å². The Labute approximate surface area is 367 Å². The van der Waals surface area contributed by atoms with Gasteiger partial charge >= 0.3 is 0 Å². The molecular formula is C49H97NO10. The number of nitrogens with one attached hydrogen (secondary N) is 1. The Kier molecular flexibility index (Phi) is 37.8. The molecule has 1 rings (SSSR count). The third-order valence-electron chi connectivity index (χ3n) is 12.7. The molecule has 0 saturated carbocycles. The van der Waals surface area contributed by atoms with Gasteiger partial charge in [-0.25, -0.2) is 0 Å². The molecule has 0 aliphatic carbocycles. The number of aliphatic hydroxyl groups excluding tert-OH is 7. The average Bonchev–Trinajstić information content (AvgIpc) is 3.25. The largest absolute Gasteiger partial charge is 0.394 e. The van der Waals surface area contributed by atoms with Gasteiger partial charge in [0.1, 0.15) is 36.6 Å². The van der Waals surface area contributed by atoms with Crippen LogP contribution in [0.5, 0.6) is 0 Å². The lowest BCUT2D eigenvalue weighted by molar-refractivity contribution is -0.303. The first-order valence-electron chi connectivity index (χ1n) is 25.4. The highest BCUT2D eigenvalue weighted by Gasteiger charge is 2.44. The first-order chi connectivity index (χ1) is 29.2. The summed E-state index contributed by atoms with van der Waals surface area (Å²) in [5.41, 5.74) is 0. The third-order valence-corrected chi connectivity index (χ3v) is 12.7. The summed E-state index contributed by atoms with van der Waals surface area (Å²) in [7, 11) is 0. The van der Waals surface area contributed by atoms with Crippen molar-refractivity contribution in [1.82, 2.24) is 5.32 Å². The van der Waals surface area contributed by atoms with Gasteiger partial charge < -0.3 is 50.5 Å². The van der Waals surface area contributed by atoms with E-state index in [-0.39, 0.29) is 6.42 Å². The average molecular weight is 860 g/mol. The molecule has 0 aromatic carbocycles. The summed E-state index contributed by atoms with van der Waals surface area (Å²) < 4.78 is 11.0. The summed E-state index contributed by atoms with van der Waals surface area (Å²) in [6.45, 7) is 3.26. The number of unbranched alkanes of at least 4 members (excludes halogenated alkanes) is 31. The predicted molar refractivity (Wildman–Crippen MR) is 243 cm³/mol. The summed E-state index contributed by atoms with van der Waals surface area (Å²) in [4.78, 5) is 12.9. The molecule has 0 spiro atoms. The molecule has 358 valence electrons. The molecule has 11 nitrogen and oxygen atoms in total. The molecular weight excluding hydrogens is 763 g/mol. The maximum atomic E-state index is 12.9. The minimum absolute atomic E-state index is 0.265. The Morgan fingerprint density at radius 3 is 1.25 bits per heavy atom. The lowest BCUT2D eigenvalue weighted by Gasteiger charge is -2.40. The normalized spacial score (nSPS) is 21.5. The van der Waals surface area contributed by atoms with Gasteiger partial charge in [0.2, 0.25) is 5.91 Å². The van der Waals surface area contributed by atoms with Gasteiger partial charge in [0.05, 0.1) is 25.4 Å².